The van der Waals surface area contributed by atoms with Gasteiger partial charge < -0.3 is 10.0 Å². The maximum atomic E-state index is 11.2. The fraction of sp³-hybridized carbons (Fsp3) is 0.588. The Morgan fingerprint density at radius 2 is 1.90 bits per heavy atom. The fourth-order valence-electron chi connectivity index (χ4n) is 3.26. The molecule has 1 fully saturated rings. The van der Waals surface area contributed by atoms with Gasteiger partial charge in [-0.25, -0.2) is 0 Å². The standard InChI is InChI=1S/C17H26N2O2/c1-18(2)13-14-8-10-19(11-9-14)16(12-17(20)21)15-6-4-3-5-7-15/h3-7,14,16H,8-13H2,1-2H3,(H,20,21). The minimum Gasteiger partial charge on any atom is -0.481 e. The zero-order chi connectivity index (χ0) is 15.2. The third kappa shape index (κ3) is 4.83. The molecule has 21 heavy (non-hydrogen) atoms. The number of hydrogen-bond acceptors (Lipinski definition) is 3. The number of likely N-dealkylation sites (tertiary alicyclic amines) is 1. The van der Waals surface area contributed by atoms with Gasteiger partial charge in [0.2, 0.25) is 0 Å². The van der Waals surface area contributed by atoms with Crippen LogP contribution in [0.15, 0.2) is 30.3 Å². The molecule has 4 heteroatoms. The van der Waals surface area contributed by atoms with Crippen LogP contribution in [0.4, 0.5) is 0 Å². The molecule has 0 saturated carbocycles. The van der Waals surface area contributed by atoms with Gasteiger partial charge in [-0.15, -0.1) is 0 Å². The maximum Gasteiger partial charge on any atom is 0.305 e. The van der Waals surface area contributed by atoms with Crippen LogP contribution < -0.4 is 0 Å². The monoisotopic (exact) mass is 290 g/mol. The Labute approximate surface area is 127 Å². The molecule has 1 saturated heterocycles. The van der Waals surface area contributed by atoms with Crippen LogP contribution >= 0.6 is 0 Å². The molecular formula is C17H26N2O2. The second-order valence-corrected chi connectivity index (χ2v) is 6.27. The molecule has 0 amide bonds. The zero-order valence-corrected chi connectivity index (χ0v) is 13.0. The second kappa shape index (κ2) is 7.57. The number of piperidine rings is 1. The van der Waals surface area contributed by atoms with Crippen molar-refractivity contribution in [3.05, 3.63) is 35.9 Å². The summed E-state index contributed by atoms with van der Waals surface area (Å²) in [5, 5.41) is 9.21. The first-order valence-electron chi connectivity index (χ1n) is 7.71. The SMILES string of the molecule is CN(C)CC1CCN(C(CC(=O)O)c2ccccc2)CC1. The van der Waals surface area contributed by atoms with Gasteiger partial charge in [-0.3, -0.25) is 9.69 Å². The Bertz CT molecular complexity index is 439. The number of carbonyl (C=O) groups is 1. The molecule has 1 atom stereocenters. The summed E-state index contributed by atoms with van der Waals surface area (Å²) in [5.41, 5.74) is 1.12. The molecule has 0 bridgehead atoms. The van der Waals surface area contributed by atoms with Crippen molar-refractivity contribution in [2.75, 3.05) is 33.7 Å². The Morgan fingerprint density at radius 3 is 2.43 bits per heavy atom. The number of nitrogens with zero attached hydrogens (tertiary/aromatic N) is 2. The summed E-state index contributed by atoms with van der Waals surface area (Å²) < 4.78 is 0. The molecule has 4 nitrogen and oxygen atoms in total. The summed E-state index contributed by atoms with van der Waals surface area (Å²) >= 11 is 0. The third-order valence-electron chi connectivity index (χ3n) is 4.27. The Hall–Kier alpha value is -1.39. The van der Waals surface area contributed by atoms with Crippen LogP contribution in [-0.4, -0.2) is 54.6 Å². The number of carboxylic acids is 1. The summed E-state index contributed by atoms with van der Waals surface area (Å²) in [6.45, 7) is 3.11. The molecule has 1 aliphatic rings. The number of rotatable bonds is 6. The summed E-state index contributed by atoms with van der Waals surface area (Å²) in [4.78, 5) is 15.8. The van der Waals surface area contributed by atoms with Crippen LogP contribution in [0.25, 0.3) is 0 Å². The predicted octanol–water partition coefficient (Wildman–Crippen LogP) is 2.48. The van der Waals surface area contributed by atoms with E-state index in [4.69, 9.17) is 0 Å². The highest BCUT2D eigenvalue weighted by molar-refractivity contribution is 5.68. The third-order valence-corrected chi connectivity index (χ3v) is 4.27. The maximum absolute atomic E-state index is 11.2. The highest BCUT2D eigenvalue weighted by Crippen LogP contribution is 2.29. The predicted molar refractivity (Wildman–Crippen MR) is 84.3 cm³/mol. The molecule has 0 radical (unpaired) electrons. The Morgan fingerprint density at radius 1 is 1.29 bits per heavy atom. The van der Waals surface area contributed by atoms with Crippen LogP contribution in [0, 0.1) is 5.92 Å². The molecule has 1 heterocycles. The zero-order valence-electron chi connectivity index (χ0n) is 13.0. The lowest BCUT2D eigenvalue weighted by molar-refractivity contribution is -0.138. The minimum absolute atomic E-state index is 0.00371. The van der Waals surface area contributed by atoms with Crippen molar-refractivity contribution in [3.63, 3.8) is 0 Å². The van der Waals surface area contributed by atoms with Crippen molar-refractivity contribution < 1.29 is 9.90 Å². The normalized spacial score (nSPS) is 18.8. The van der Waals surface area contributed by atoms with Crippen LogP contribution in [0.1, 0.15) is 30.9 Å². The van der Waals surface area contributed by atoms with Crippen molar-refractivity contribution in [1.82, 2.24) is 9.80 Å². The molecule has 2 rings (SSSR count). The van der Waals surface area contributed by atoms with Gasteiger partial charge in [0.1, 0.15) is 0 Å². The van der Waals surface area contributed by atoms with Crippen molar-refractivity contribution in [3.8, 4) is 0 Å². The lowest BCUT2D eigenvalue weighted by atomic mass is 9.93. The van der Waals surface area contributed by atoms with Gasteiger partial charge in [0.05, 0.1) is 6.42 Å². The summed E-state index contributed by atoms with van der Waals surface area (Å²) in [6.07, 6.45) is 2.49. The average Bonchev–Trinajstić information content (AvgIpc) is 2.46. The van der Waals surface area contributed by atoms with E-state index in [-0.39, 0.29) is 12.5 Å². The van der Waals surface area contributed by atoms with E-state index < -0.39 is 5.97 Å². The van der Waals surface area contributed by atoms with Crippen molar-refractivity contribution >= 4 is 5.97 Å². The molecule has 1 aromatic rings. The molecule has 0 aromatic heterocycles. The first kappa shape index (κ1) is 16.0. The van der Waals surface area contributed by atoms with Gasteiger partial charge in [0.15, 0.2) is 0 Å². The van der Waals surface area contributed by atoms with E-state index in [0.29, 0.717) is 0 Å². The highest BCUT2D eigenvalue weighted by atomic mass is 16.4. The van der Waals surface area contributed by atoms with E-state index in [1.807, 2.05) is 30.3 Å². The number of aliphatic carboxylic acids is 1. The smallest absolute Gasteiger partial charge is 0.305 e. The van der Waals surface area contributed by atoms with Gasteiger partial charge in [-0.1, -0.05) is 30.3 Å². The van der Waals surface area contributed by atoms with Gasteiger partial charge >= 0.3 is 5.97 Å². The molecular weight excluding hydrogens is 264 g/mol. The lowest BCUT2D eigenvalue weighted by Crippen LogP contribution is -2.40. The van der Waals surface area contributed by atoms with E-state index in [0.717, 1.165) is 44.0 Å². The first-order valence-corrected chi connectivity index (χ1v) is 7.71. The average molecular weight is 290 g/mol. The van der Waals surface area contributed by atoms with E-state index in [9.17, 15) is 9.90 Å². The van der Waals surface area contributed by atoms with Gasteiger partial charge in [-0.05, 0) is 51.5 Å². The van der Waals surface area contributed by atoms with Crippen LogP contribution in [0.2, 0.25) is 0 Å². The number of benzene rings is 1. The first-order chi connectivity index (χ1) is 10.1. The molecule has 1 N–H and O–H groups in total. The van der Waals surface area contributed by atoms with E-state index in [1.54, 1.807) is 0 Å². The lowest BCUT2D eigenvalue weighted by Gasteiger charge is -2.38. The summed E-state index contributed by atoms with van der Waals surface area (Å²) in [6, 6.07) is 10.0. The van der Waals surface area contributed by atoms with Crippen molar-refractivity contribution in [2.45, 2.75) is 25.3 Å². The Kier molecular flexibility index (Phi) is 5.76. The van der Waals surface area contributed by atoms with Gasteiger partial charge in [0, 0.05) is 12.6 Å². The number of carboxylic acid groups (broad SMARTS) is 1. The number of hydrogen-bond donors (Lipinski definition) is 1. The summed E-state index contributed by atoms with van der Waals surface area (Å²) in [7, 11) is 4.23. The van der Waals surface area contributed by atoms with E-state index in [2.05, 4.69) is 23.9 Å². The molecule has 1 unspecified atom stereocenters. The topological polar surface area (TPSA) is 43.8 Å². The summed E-state index contributed by atoms with van der Waals surface area (Å²) in [5.74, 6) is 0.0109. The molecule has 116 valence electrons. The highest BCUT2D eigenvalue weighted by Gasteiger charge is 2.27. The van der Waals surface area contributed by atoms with E-state index in [1.165, 1.54) is 0 Å². The van der Waals surface area contributed by atoms with Crippen molar-refractivity contribution in [1.29, 1.82) is 0 Å². The van der Waals surface area contributed by atoms with Gasteiger partial charge in [-0.2, -0.15) is 0 Å². The van der Waals surface area contributed by atoms with Crippen LogP contribution in [0.5, 0.6) is 0 Å². The van der Waals surface area contributed by atoms with Gasteiger partial charge in [0.25, 0.3) is 0 Å². The molecule has 1 aliphatic heterocycles. The quantitative estimate of drug-likeness (QED) is 0.874. The minimum atomic E-state index is -0.723. The van der Waals surface area contributed by atoms with E-state index >= 15 is 0 Å². The molecule has 1 aromatic carbocycles. The molecule has 0 spiro atoms. The van der Waals surface area contributed by atoms with Crippen LogP contribution in [0.3, 0.4) is 0 Å². The van der Waals surface area contributed by atoms with Crippen molar-refractivity contribution in [2.24, 2.45) is 5.92 Å². The fourth-order valence-corrected chi connectivity index (χ4v) is 3.26. The van der Waals surface area contributed by atoms with Crippen LogP contribution in [-0.2, 0) is 4.79 Å². The largest absolute Gasteiger partial charge is 0.481 e. The molecule has 0 aliphatic carbocycles. The Balaban J connectivity index is 2.01. The second-order valence-electron chi connectivity index (χ2n) is 6.27.